The first-order valence-corrected chi connectivity index (χ1v) is 3.36. The van der Waals surface area contributed by atoms with Crippen LogP contribution >= 0.6 is 0 Å². The summed E-state index contributed by atoms with van der Waals surface area (Å²) in [5.41, 5.74) is 6.75. The molecule has 1 unspecified atom stereocenters. The highest BCUT2D eigenvalue weighted by Gasteiger charge is 2.11. The second-order valence-corrected chi connectivity index (χ2v) is 2.73. The maximum atomic E-state index is 5.78. The van der Waals surface area contributed by atoms with E-state index >= 15 is 0 Å². The summed E-state index contributed by atoms with van der Waals surface area (Å²) in [5, 5.41) is 3.57. The summed E-state index contributed by atoms with van der Waals surface area (Å²) in [4.78, 5) is 0. The van der Waals surface area contributed by atoms with Crippen LogP contribution in [0.25, 0.3) is 0 Å². The number of hydrogen-bond donors (Lipinski definition) is 1. The van der Waals surface area contributed by atoms with Crippen LogP contribution in [0.5, 0.6) is 0 Å². The van der Waals surface area contributed by atoms with E-state index in [-0.39, 0.29) is 6.04 Å². The highest BCUT2D eigenvalue weighted by molar-refractivity contribution is 5.07. The standard InChI is InChI=1S/C7H12N2O/c1-5(2)7(8)6-3-9-10-4-6/h3-5,7H,8H2,1-2H3. The van der Waals surface area contributed by atoms with Crippen LogP contribution in [0.2, 0.25) is 0 Å². The van der Waals surface area contributed by atoms with Crippen LogP contribution in [0.1, 0.15) is 25.5 Å². The normalized spacial score (nSPS) is 14.0. The second kappa shape index (κ2) is 2.84. The molecule has 0 amide bonds. The molecule has 0 aliphatic heterocycles. The molecular formula is C7H12N2O. The molecule has 1 heterocycles. The van der Waals surface area contributed by atoms with E-state index in [0.29, 0.717) is 5.92 Å². The molecule has 0 spiro atoms. The Labute approximate surface area is 60.2 Å². The van der Waals surface area contributed by atoms with Crippen molar-refractivity contribution in [2.75, 3.05) is 0 Å². The van der Waals surface area contributed by atoms with Crippen molar-refractivity contribution in [1.29, 1.82) is 0 Å². The summed E-state index contributed by atoms with van der Waals surface area (Å²) in [5.74, 6) is 0.430. The first-order valence-electron chi connectivity index (χ1n) is 3.36. The lowest BCUT2D eigenvalue weighted by atomic mass is 10.0. The fraction of sp³-hybridized carbons (Fsp3) is 0.571. The molecule has 1 atom stereocenters. The molecule has 1 rings (SSSR count). The lowest BCUT2D eigenvalue weighted by Crippen LogP contribution is -2.15. The van der Waals surface area contributed by atoms with Crippen molar-refractivity contribution < 1.29 is 4.52 Å². The van der Waals surface area contributed by atoms with Crippen molar-refractivity contribution in [3.63, 3.8) is 0 Å². The van der Waals surface area contributed by atoms with Gasteiger partial charge < -0.3 is 10.3 Å². The molecule has 56 valence electrons. The van der Waals surface area contributed by atoms with Crippen molar-refractivity contribution >= 4 is 0 Å². The van der Waals surface area contributed by atoms with Crippen LogP contribution in [-0.2, 0) is 0 Å². The van der Waals surface area contributed by atoms with Crippen molar-refractivity contribution in [3.05, 3.63) is 18.0 Å². The van der Waals surface area contributed by atoms with Crippen molar-refractivity contribution in [3.8, 4) is 0 Å². The van der Waals surface area contributed by atoms with E-state index in [0.717, 1.165) is 5.56 Å². The molecule has 0 fully saturated rings. The first kappa shape index (κ1) is 7.28. The van der Waals surface area contributed by atoms with Gasteiger partial charge in [-0.1, -0.05) is 19.0 Å². The molecule has 10 heavy (non-hydrogen) atoms. The zero-order valence-electron chi connectivity index (χ0n) is 6.24. The average molecular weight is 140 g/mol. The Morgan fingerprint density at radius 1 is 1.60 bits per heavy atom. The Hall–Kier alpha value is -0.830. The molecule has 3 heteroatoms. The van der Waals surface area contributed by atoms with Gasteiger partial charge in [-0.15, -0.1) is 0 Å². The first-order chi connectivity index (χ1) is 4.72. The monoisotopic (exact) mass is 140 g/mol. The van der Waals surface area contributed by atoms with Gasteiger partial charge in [0.2, 0.25) is 0 Å². The largest absolute Gasteiger partial charge is 0.364 e. The van der Waals surface area contributed by atoms with E-state index in [1.807, 2.05) is 0 Å². The van der Waals surface area contributed by atoms with Gasteiger partial charge >= 0.3 is 0 Å². The van der Waals surface area contributed by atoms with Gasteiger partial charge in [0.25, 0.3) is 0 Å². The predicted octanol–water partition coefficient (Wildman–Crippen LogP) is 1.33. The molecule has 0 saturated heterocycles. The van der Waals surface area contributed by atoms with E-state index in [1.165, 1.54) is 0 Å². The van der Waals surface area contributed by atoms with Gasteiger partial charge in [0.1, 0.15) is 6.26 Å². The summed E-state index contributed by atoms with van der Waals surface area (Å²) in [6.45, 7) is 4.13. The molecule has 0 saturated carbocycles. The Kier molecular flexibility index (Phi) is 2.06. The van der Waals surface area contributed by atoms with Gasteiger partial charge in [0.05, 0.1) is 6.20 Å². The molecule has 1 aromatic heterocycles. The minimum Gasteiger partial charge on any atom is -0.364 e. The Morgan fingerprint density at radius 3 is 2.70 bits per heavy atom. The number of nitrogens with zero attached hydrogens (tertiary/aromatic N) is 1. The van der Waals surface area contributed by atoms with E-state index in [4.69, 9.17) is 5.73 Å². The molecule has 0 radical (unpaired) electrons. The van der Waals surface area contributed by atoms with Crippen molar-refractivity contribution in [1.82, 2.24) is 5.16 Å². The number of rotatable bonds is 2. The minimum atomic E-state index is 0.0475. The van der Waals surface area contributed by atoms with Crippen LogP contribution in [0.4, 0.5) is 0 Å². The zero-order chi connectivity index (χ0) is 7.56. The van der Waals surface area contributed by atoms with Crippen LogP contribution in [0, 0.1) is 5.92 Å². The van der Waals surface area contributed by atoms with E-state index in [9.17, 15) is 0 Å². The molecule has 1 aromatic rings. The van der Waals surface area contributed by atoms with Gasteiger partial charge in [-0.05, 0) is 5.92 Å². The smallest absolute Gasteiger partial charge is 0.128 e. The molecule has 0 bridgehead atoms. The molecule has 0 aromatic carbocycles. The molecular weight excluding hydrogens is 128 g/mol. The molecule has 0 aliphatic rings. The summed E-state index contributed by atoms with van der Waals surface area (Å²) >= 11 is 0. The maximum absolute atomic E-state index is 5.78. The lowest BCUT2D eigenvalue weighted by molar-refractivity contribution is 0.416. The van der Waals surface area contributed by atoms with E-state index in [2.05, 4.69) is 23.5 Å². The highest BCUT2D eigenvalue weighted by Crippen LogP contribution is 2.16. The topological polar surface area (TPSA) is 52.0 Å². The quantitative estimate of drug-likeness (QED) is 0.674. The number of nitrogens with two attached hydrogens (primary N) is 1. The van der Waals surface area contributed by atoms with Crippen LogP contribution in [0.15, 0.2) is 17.0 Å². The fourth-order valence-corrected chi connectivity index (χ4v) is 0.763. The summed E-state index contributed by atoms with van der Waals surface area (Å²) < 4.78 is 4.66. The summed E-state index contributed by atoms with van der Waals surface area (Å²) in [6, 6.07) is 0.0475. The number of hydrogen-bond acceptors (Lipinski definition) is 3. The summed E-state index contributed by atoms with van der Waals surface area (Å²) in [7, 11) is 0. The highest BCUT2D eigenvalue weighted by atomic mass is 16.5. The van der Waals surface area contributed by atoms with Gasteiger partial charge in [-0.25, -0.2) is 0 Å². The van der Waals surface area contributed by atoms with Crippen LogP contribution < -0.4 is 5.73 Å². The van der Waals surface area contributed by atoms with Gasteiger partial charge in [0, 0.05) is 11.6 Å². The lowest BCUT2D eigenvalue weighted by Gasteiger charge is -2.11. The minimum absolute atomic E-state index is 0.0475. The Morgan fingerprint density at radius 2 is 2.30 bits per heavy atom. The SMILES string of the molecule is CC(C)C(N)c1cnoc1. The summed E-state index contributed by atoms with van der Waals surface area (Å²) in [6.07, 6.45) is 3.25. The van der Waals surface area contributed by atoms with Crippen molar-refractivity contribution in [2.24, 2.45) is 11.7 Å². The third-order valence-electron chi connectivity index (χ3n) is 1.55. The van der Waals surface area contributed by atoms with E-state index < -0.39 is 0 Å². The number of aromatic nitrogens is 1. The predicted molar refractivity (Wildman–Crippen MR) is 38.3 cm³/mol. The van der Waals surface area contributed by atoms with Gasteiger partial charge in [0.15, 0.2) is 0 Å². The van der Waals surface area contributed by atoms with Gasteiger partial charge in [-0.2, -0.15) is 0 Å². The van der Waals surface area contributed by atoms with Crippen LogP contribution in [-0.4, -0.2) is 5.16 Å². The van der Waals surface area contributed by atoms with Gasteiger partial charge in [-0.3, -0.25) is 0 Å². The molecule has 3 nitrogen and oxygen atoms in total. The molecule has 2 N–H and O–H groups in total. The average Bonchev–Trinajstić information content (AvgIpc) is 2.36. The fourth-order valence-electron chi connectivity index (χ4n) is 0.763. The molecule has 0 aliphatic carbocycles. The zero-order valence-corrected chi connectivity index (χ0v) is 6.24. The maximum Gasteiger partial charge on any atom is 0.128 e. The van der Waals surface area contributed by atoms with Crippen molar-refractivity contribution in [2.45, 2.75) is 19.9 Å². The van der Waals surface area contributed by atoms with Crippen LogP contribution in [0.3, 0.4) is 0 Å². The Bertz CT molecular complexity index is 181. The van der Waals surface area contributed by atoms with E-state index in [1.54, 1.807) is 12.5 Å². The second-order valence-electron chi connectivity index (χ2n) is 2.73. The third kappa shape index (κ3) is 1.36. The Balaban J connectivity index is 2.68. The third-order valence-corrected chi connectivity index (χ3v) is 1.55.